The minimum absolute atomic E-state index is 0.488. The standard InChI is InChI=1S/C14H19N5/c1-15-13-14(19(2)10-7-8-16-9-10)18-12-6-4-3-5-11(12)17-13/h3-6,10,16H,7-9H2,1-2H3,(H,15,17)/t10-/m1/s1. The summed E-state index contributed by atoms with van der Waals surface area (Å²) < 4.78 is 0. The molecule has 0 bridgehead atoms. The number of hydrogen-bond donors (Lipinski definition) is 2. The van der Waals surface area contributed by atoms with Crippen LogP contribution in [0.1, 0.15) is 6.42 Å². The summed E-state index contributed by atoms with van der Waals surface area (Å²) in [6.45, 7) is 2.08. The molecule has 1 atom stereocenters. The minimum Gasteiger partial charge on any atom is -0.370 e. The predicted octanol–water partition coefficient (Wildman–Crippen LogP) is 1.47. The first-order chi connectivity index (χ1) is 9.29. The highest BCUT2D eigenvalue weighted by Crippen LogP contribution is 2.26. The van der Waals surface area contributed by atoms with Gasteiger partial charge in [0.1, 0.15) is 0 Å². The molecule has 2 aromatic rings. The Morgan fingerprint density at radius 1 is 1.26 bits per heavy atom. The molecule has 1 aromatic carbocycles. The van der Waals surface area contributed by atoms with Gasteiger partial charge in [-0.05, 0) is 25.1 Å². The Morgan fingerprint density at radius 2 is 2.00 bits per heavy atom. The minimum atomic E-state index is 0.488. The van der Waals surface area contributed by atoms with Crippen LogP contribution in [0.15, 0.2) is 24.3 Å². The molecule has 19 heavy (non-hydrogen) atoms. The van der Waals surface area contributed by atoms with Gasteiger partial charge in [-0.25, -0.2) is 9.97 Å². The van der Waals surface area contributed by atoms with E-state index in [1.807, 2.05) is 31.3 Å². The average Bonchev–Trinajstić information content (AvgIpc) is 2.99. The molecule has 1 aliphatic heterocycles. The molecule has 100 valence electrons. The lowest BCUT2D eigenvalue weighted by Gasteiger charge is -2.26. The van der Waals surface area contributed by atoms with Crippen LogP contribution in [0.25, 0.3) is 11.0 Å². The van der Waals surface area contributed by atoms with Crippen molar-refractivity contribution >= 4 is 22.7 Å². The summed E-state index contributed by atoms with van der Waals surface area (Å²) >= 11 is 0. The molecule has 0 spiro atoms. The van der Waals surface area contributed by atoms with Crippen LogP contribution < -0.4 is 15.5 Å². The molecule has 5 nitrogen and oxygen atoms in total. The third-order valence-electron chi connectivity index (χ3n) is 3.71. The first kappa shape index (κ1) is 12.2. The van der Waals surface area contributed by atoms with E-state index < -0.39 is 0 Å². The maximum atomic E-state index is 4.76. The number of nitrogens with one attached hydrogen (secondary N) is 2. The van der Waals surface area contributed by atoms with E-state index in [0.29, 0.717) is 6.04 Å². The van der Waals surface area contributed by atoms with E-state index in [1.54, 1.807) is 0 Å². The molecule has 0 radical (unpaired) electrons. The summed E-state index contributed by atoms with van der Waals surface area (Å²) in [4.78, 5) is 11.6. The Bertz CT molecular complexity index is 577. The van der Waals surface area contributed by atoms with E-state index in [4.69, 9.17) is 4.98 Å². The van der Waals surface area contributed by atoms with E-state index in [1.165, 1.54) is 0 Å². The van der Waals surface area contributed by atoms with Gasteiger partial charge < -0.3 is 15.5 Å². The van der Waals surface area contributed by atoms with Crippen LogP contribution in [-0.2, 0) is 0 Å². The summed E-state index contributed by atoms with van der Waals surface area (Å²) in [5, 5.41) is 6.54. The first-order valence-electron chi connectivity index (χ1n) is 6.67. The Hall–Kier alpha value is -1.88. The molecule has 0 unspecified atom stereocenters. The summed E-state index contributed by atoms with van der Waals surface area (Å²) in [6, 6.07) is 8.47. The van der Waals surface area contributed by atoms with Crippen LogP contribution in [0.2, 0.25) is 0 Å². The third kappa shape index (κ3) is 2.21. The second-order valence-electron chi connectivity index (χ2n) is 4.89. The summed E-state index contributed by atoms with van der Waals surface area (Å²) in [5.41, 5.74) is 1.86. The zero-order chi connectivity index (χ0) is 13.2. The molecular formula is C14H19N5. The van der Waals surface area contributed by atoms with Gasteiger partial charge in [-0.2, -0.15) is 0 Å². The van der Waals surface area contributed by atoms with Crippen molar-refractivity contribution in [2.24, 2.45) is 0 Å². The van der Waals surface area contributed by atoms with E-state index in [9.17, 15) is 0 Å². The highest BCUT2D eigenvalue weighted by atomic mass is 15.2. The lowest BCUT2D eigenvalue weighted by Crippen LogP contribution is -2.34. The summed E-state index contributed by atoms with van der Waals surface area (Å²) in [5.74, 6) is 1.77. The second kappa shape index (κ2) is 5.01. The van der Waals surface area contributed by atoms with Gasteiger partial charge in [0.05, 0.1) is 11.0 Å². The molecule has 1 aliphatic rings. The number of fused-ring (bicyclic) bond motifs is 1. The Labute approximate surface area is 113 Å². The maximum absolute atomic E-state index is 4.76. The topological polar surface area (TPSA) is 53.1 Å². The van der Waals surface area contributed by atoms with Gasteiger partial charge in [0, 0.05) is 26.7 Å². The fourth-order valence-electron chi connectivity index (χ4n) is 2.55. The van der Waals surface area contributed by atoms with Crippen LogP contribution in [-0.4, -0.2) is 43.2 Å². The molecule has 1 aromatic heterocycles. The van der Waals surface area contributed by atoms with Crippen LogP contribution in [0.5, 0.6) is 0 Å². The highest BCUT2D eigenvalue weighted by molar-refractivity contribution is 5.80. The van der Waals surface area contributed by atoms with Crippen molar-refractivity contribution in [3.8, 4) is 0 Å². The first-order valence-corrected chi connectivity index (χ1v) is 6.67. The highest BCUT2D eigenvalue weighted by Gasteiger charge is 2.23. The number of rotatable bonds is 3. The molecule has 3 rings (SSSR count). The maximum Gasteiger partial charge on any atom is 0.172 e. The molecule has 2 heterocycles. The van der Waals surface area contributed by atoms with Crippen molar-refractivity contribution < 1.29 is 0 Å². The quantitative estimate of drug-likeness (QED) is 0.872. The van der Waals surface area contributed by atoms with Crippen molar-refractivity contribution in [1.82, 2.24) is 15.3 Å². The van der Waals surface area contributed by atoms with E-state index in [2.05, 4.69) is 27.6 Å². The number of likely N-dealkylation sites (N-methyl/N-ethyl adjacent to an activating group) is 1. The van der Waals surface area contributed by atoms with Crippen molar-refractivity contribution in [2.75, 3.05) is 37.4 Å². The molecule has 2 N–H and O–H groups in total. The molecule has 0 saturated carbocycles. The summed E-state index contributed by atoms with van der Waals surface area (Å²) in [7, 11) is 3.99. The van der Waals surface area contributed by atoms with Crippen molar-refractivity contribution in [3.63, 3.8) is 0 Å². The predicted molar refractivity (Wildman–Crippen MR) is 78.8 cm³/mol. The largest absolute Gasteiger partial charge is 0.370 e. The van der Waals surface area contributed by atoms with Gasteiger partial charge in [-0.15, -0.1) is 0 Å². The number of nitrogens with zero attached hydrogens (tertiary/aromatic N) is 3. The van der Waals surface area contributed by atoms with Gasteiger partial charge in [0.2, 0.25) is 0 Å². The van der Waals surface area contributed by atoms with E-state index in [-0.39, 0.29) is 0 Å². The molecule has 1 saturated heterocycles. The third-order valence-corrected chi connectivity index (χ3v) is 3.71. The van der Waals surface area contributed by atoms with Crippen molar-refractivity contribution in [3.05, 3.63) is 24.3 Å². The number of para-hydroxylation sites is 2. The van der Waals surface area contributed by atoms with Crippen LogP contribution in [0, 0.1) is 0 Å². The Balaban J connectivity index is 2.05. The Kier molecular flexibility index (Phi) is 3.21. The molecule has 1 fully saturated rings. The van der Waals surface area contributed by atoms with Gasteiger partial charge in [0.25, 0.3) is 0 Å². The SMILES string of the molecule is CNc1nc2ccccc2nc1N(C)[C@@H]1CCNC1. The van der Waals surface area contributed by atoms with Gasteiger partial charge in [-0.1, -0.05) is 12.1 Å². The zero-order valence-corrected chi connectivity index (χ0v) is 11.3. The number of benzene rings is 1. The Morgan fingerprint density at radius 3 is 2.63 bits per heavy atom. The fraction of sp³-hybridized carbons (Fsp3) is 0.429. The summed E-state index contributed by atoms with van der Waals surface area (Å²) in [6.07, 6.45) is 1.15. The zero-order valence-electron chi connectivity index (χ0n) is 11.3. The fourth-order valence-corrected chi connectivity index (χ4v) is 2.55. The number of hydrogen-bond acceptors (Lipinski definition) is 5. The smallest absolute Gasteiger partial charge is 0.172 e. The lowest BCUT2D eigenvalue weighted by atomic mass is 10.2. The average molecular weight is 257 g/mol. The monoisotopic (exact) mass is 257 g/mol. The normalized spacial score (nSPS) is 18.7. The van der Waals surface area contributed by atoms with Crippen molar-refractivity contribution in [2.45, 2.75) is 12.5 Å². The van der Waals surface area contributed by atoms with E-state index >= 15 is 0 Å². The molecule has 0 amide bonds. The molecule has 0 aliphatic carbocycles. The van der Waals surface area contributed by atoms with Crippen LogP contribution in [0.4, 0.5) is 11.6 Å². The van der Waals surface area contributed by atoms with Crippen LogP contribution in [0.3, 0.4) is 0 Å². The molecular weight excluding hydrogens is 238 g/mol. The van der Waals surface area contributed by atoms with Crippen molar-refractivity contribution in [1.29, 1.82) is 0 Å². The van der Waals surface area contributed by atoms with Gasteiger partial charge in [0.15, 0.2) is 11.6 Å². The van der Waals surface area contributed by atoms with Gasteiger partial charge in [-0.3, -0.25) is 0 Å². The van der Waals surface area contributed by atoms with Crippen LogP contribution >= 0.6 is 0 Å². The number of anilines is 2. The molecule has 5 heteroatoms. The van der Waals surface area contributed by atoms with Gasteiger partial charge >= 0.3 is 0 Å². The second-order valence-corrected chi connectivity index (χ2v) is 4.89. The lowest BCUT2D eigenvalue weighted by molar-refractivity contribution is 0.678. The van der Waals surface area contributed by atoms with E-state index in [0.717, 1.165) is 42.2 Å². The number of aromatic nitrogens is 2.